The molecule has 1 heterocycles. The number of nitrogens with one attached hydrogen (secondary N) is 2. The number of benzene rings is 1. The summed E-state index contributed by atoms with van der Waals surface area (Å²) in [5.41, 5.74) is 4.11. The fourth-order valence-electron chi connectivity index (χ4n) is 3.06. The van der Waals surface area contributed by atoms with Crippen LogP contribution in [0, 0.1) is 39.0 Å². The molecule has 0 bridgehead atoms. The Balaban J connectivity index is 1.99. The molecule has 0 fully saturated rings. The molecule has 0 saturated heterocycles. The highest BCUT2D eigenvalue weighted by atomic mass is 16.5. The molecule has 0 saturated carbocycles. The minimum Gasteiger partial charge on any atom is -0.453 e. The van der Waals surface area contributed by atoms with Crippen molar-refractivity contribution in [3.63, 3.8) is 0 Å². The van der Waals surface area contributed by atoms with Crippen molar-refractivity contribution >= 4 is 17.6 Å². The number of nitrogens with zero attached hydrogens (tertiary/aromatic N) is 1. The summed E-state index contributed by atoms with van der Waals surface area (Å²) in [4.78, 5) is 39.0. The molecule has 7 heteroatoms. The van der Waals surface area contributed by atoms with Gasteiger partial charge in [0.25, 0.3) is 11.5 Å². The van der Waals surface area contributed by atoms with E-state index < -0.39 is 23.5 Å². The van der Waals surface area contributed by atoms with Gasteiger partial charge in [0.2, 0.25) is 0 Å². The molecule has 0 aliphatic rings. The molecule has 1 atom stereocenters. The van der Waals surface area contributed by atoms with Crippen LogP contribution in [0.15, 0.2) is 23.0 Å². The zero-order valence-electron chi connectivity index (χ0n) is 17.3. The van der Waals surface area contributed by atoms with Crippen LogP contribution in [0.5, 0.6) is 0 Å². The van der Waals surface area contributed by atoms with E-state index in [1.807, 2.05) is 38.1 Å². The summed E-state index contributed by atoms with van der Waals surface area (Å²) >= 11 is 0. The number of hydrogen-bond acceptors (Lipinski definition) is 5. The van der Waals surface area contributed by atoms with E-state index in [9.17, 15) is 14.4 Å². The number of esters is 1. The number of H-pyrrole nitrogens is 1. The Labute approximate surface area is 169 Å². The van der Waals surface area contributed by atoms with Gasteiger partial charge in [-0.2, -0.15) is 5.26 Å². The Morgan fingerprint density at radius 2 is 1.93 bits per heavy atom. The number of aromatic nitrogens is 1. The zero-order chi connectivity index (χ0) is 21.7. The maximum Gasteiger partial charge on any atom is 0.306 e. The zero-order valence-corrected chi connectivity index (χ0v) is 17.3. The normalized spacial score (nSPS) is 11.4. The number of amides is 1. The third-order valence-corrected chi connectivity index (χ3v) is 4.83. The predicted octanol–water partition coefficient (Wildman–Crippen LogP) is 2.98. The Morgan fingerprint density at radius 3 is 2.59 bits per heavy atom. The standard InChI is InChI=1S/C22H25N3O4/c1-12-6-7-13(2)19(10-12)25-21(27)16(5)29-20(26)9-8-17-14(3)18(11-23)22(28)24-15(17)4/h6-7,10,16H,8-9H2,1-5H3,(H,24,28)(H,25,27)/t16-/m1/s1. The smallest absolute Gasteiger partial charge is 0.306 e. The highest BCUT2D eigenvalue weighted by molar-refractivity contribution is 5.95. The van der Waals surface area contributed by atoms with Crippen LogP contribution < -0.4 is 10.9 Å². The van der Waals surface area contributed by atoms with Crippen LogP contribution in [-0.2, 0) is 20.7 Å². The number of hydrogen-bond donors (Lipinski definition) is 2. The molecular formula is C22H25N3O4. The SMILES string of the molecule is Cc1ccc(C)c(NC(=O)[C@@H](C)OC(=O)CCc2c(C)[nH]c(=O)c(C#N)c2C)c1. The third-order valence-electron chi connectivity index (χ3n) is 4.83. The van der Waals surface area contributed by atoms with Crippen molar-refractivity contribution in [3.05, 3.63) is 62.1 Å². The van der Waals surface area contributed by atoms with Crippen molar-refractivity contribution in [1.82, 2.24) is 4.98 Å². The average molecular weight is 395 g/mol. The Hall–Kier alpha value is -3.40. The first-order valence-electron chi connectivity index (χ1n) is 9.34. The van der Waals surface area contributed by atoms with E-state index in [1.165, 1.54) is 6.92 Å². The van der Waals surface area contributed by atoms with Gasteiger partial charge in [0, 0.05) is 17.8 Å². The van der Waals surface area contributed by atoms with Gasteiger partial charge in [-0.1, -0.05) is 12.1 Å². The van der Waals surface area contributed by atoms with Crippen molar-refractivity contribution in [3.8, 4) is 6.07 Å². The van der Waals surface area contributed by atoms with E-state index >= 15 is 0 Å². The second-order valence-electron chi connectivity index (χ2n) is 7.11. The van der Waals surface area contributed by atoms with Gasteiger partial charge < -0.3 is 15.0 Å². The Morgan fingerprint density at radius 1 is 1.24 bits per heavy atom. The van der Waals surface area contributed by atoms with Gasteiger partial charge in [-0.15, -0.1) is 0 Å². The van der Waals surface area contributed by atoms with Gasteiger partial charge in [-0.25, -0.2) is 0 Å². The van der Waals surface area contributed by atoms with E-state index in [4.69, 9.17) is 10.00 Å². The molecule has 0 aliphatic heterocycles. The molecule has 2 rings (SSSR count). The first-order chi connectivity index (χ1) is 13.6. The van der Waals surface area contributed by atoms with Crippen LogP contribution in [0.25, 0.3) is 0 Å². The summed E-state index contributed by atoms with van der Waals surface area (Å²) in [6.07, 6.45) is -0.623. The van der Waals surface area contributed by atoms with Crippen molar-refractivity contribution in [2.45, 2.75) is 53.6 Å². The molecule has 29 heavy (non-hydrogen) atoms. The number of aryl methyl sites for hydroxylation is 3. The molecule has 152 valence electrons. The number of ether oxygens (including phenoxy) is 1. The van der Waals surface area contributed by atoms with Gasteiger partial charge in [0.15, 0.2) is 6.10 Å². The number of aromatic amines is 1. The molecule has 2 N–H and O–H groups in total. The van der Waals surface area contributed by atoms with E-state index in [-0.39, 0.29) is 12.0 Å². The van der Waals surface area contributed by atoms with Gasteiger partial charge >= 0.3 is 5.97 Å². The van der Waals surface area contributed by atoms with E-state index in [0.29, 0.717) is 23.4 Å². The first-order valence-corrected chi connectivity index (χ1v) is 9.34. The predicted molar refractivity (Wildman–Crippen MR) is 110 cm³/mol. The minimum absolute atomic E-state index is 0.0275. The molecule has 1 amide bonds. The molecule has 0 radical (unpaired) electrons. The summed E-state index contributed by atoms with van der Waals surface area (Å²) < 4.78 is 5.25. The largest absolute Gasteiger partial charge is 0.453 e. The van der Waals surface area contributed by atoms with Gasteiger partial charge in [0.05, 0.1) is 0 Å². The summed E-state index contributed by atoms with van der Waals surface area (Å²) in [7, 11) is 0. The molecule has 0 spiro atoms. The summed E-state index contributed by atoms with van der Waals surface area (Å²) in [6.45, 7) is 8.73. The highest BCUT2D eigenvalue weighted by Gasteiger charge is 2.20. The monoisotopic (exact) mass is 395 g/mol. The average Bonchev–Trinajstić information content (AvgIpc) is 2.64. The number of carbonyl (C=O) groups is 2. The minimum atomic E-state index is -0.949. The first kappa shape index (κ1) is 21.9. The number of carbonyl (C=O) groups excluding carboxylic acids is 2. The molecule has 1 aromatic heterocycles. The summed E-state index contributed by atoms with van der Waals surface area (Å²) in [6, 6.07) is 7.60. The lowest BCUT2D eigenvalue weighted by Gasteiger charge is -2.16. The fraction of sp³-hybridized carbons (Fsp3) is 0.364. The third kappa shape index (κ3) is 5.32. The van der Waals surface area contributed by atoms with E-state index in [1.54, 1.807) is 13.8 Å². The molecule has 2 aromatic rings. The maximum atomic E-state index is 12.4. The summed E-state index contributed by atoms with van der Waals surface area (Å²) in [5.74, 6) is -0.938. The van der Waals surface area contributed by atoms with Crippen LogP contribution in [0.2, 0.25) is 0 Å². The number of pyridine rings is 1. The van der Waals surface area contributed by atoms with Crippen LogP contribution in [0.4, 0.5) is 5.69 Å². The Kier molecular flexibility index (Phi) is 6.94. The maximum absolute atomic E-state index is 12.4. The summed E-state index contributed by atoms with van der Waals surface area (Å²) in [5, 5.41) is 11.9. The van der Waals surface area contributed by atoms with Crippen LogP contribution in [0.1, 0.15) is 46.9 Å². The van der Waals surface area contributed by atoms with Crippen molar-refractivity contribution in [2.24, 2.45) is 0 Å². The second kappa shape index (κ2) is 9.20. The molecule has 0 unspecified atom stereocenters. The Bertz CT molecular complexity index is 1050. The van der Waals surface area contributed by atoms with Crippen LogP contribution >= 0.6 is 0 Å². The number of anilines is 1. The van der Waals surface area contributed by atoms with Gasteiger partial charge in [-0.3, -0.25) is 14.4 Å². The van der Waals surface area contributed by atoms with E-state index in [2.05, 4.69) is 10.3 Å². The lowest BCUT2D eigenvalue weighted by molar-refractivity contribution is -0.153. The van der Waals surface area contributed by atoms with Crippen molar-refractivity contribution < 1.29 is 14.3 Å². The quantitative estimate of drug-likeness (QED) is 0.730. The topological polar surface area (TPSA) is 112 Å². The number of nitriles is 1. The molecule has 0 aliphatic carbocycles. The van der Waals surface area contributed by atoms with Crippen molar-refractivity contribution in [2.75, 3.05) is 5.32 Å². The van der Waals surface area contributed by atoms with Crippen LogP contribution in [0.3, 0.4) is 0 Å². The second-order valence-corrected chi connectivity index (χ2v) is 7.11. The van der Waals surface area contributed by atoms with Crippen LogP contribution in [-0.4, -0.2) is 23.0 Å². The van der Waals surface area contributed by atoms with Gasteiger partial charge in [0.1, 0.15) is 11.6 Å². The molecule has 1 aromatic carbocycles. The van der Waals surface area contributed by atoms with E-state index in [0.717, 1.165) is 16.7 Å². The van der Waals surface area contributed by atoms with Gasteiger partial charge in [-0.05, 0) is 69.4 Å². The molecule has 7 nitrogen and oxygen atoms in total. The van der Waals surface area contributed by atoms with Crippen molar-refractivity contribution in [1.29, 1.82) is 5.26 Å². The lowest BCUT2D eigenvalue weighted by atomic mass is 9.99. The lowest BCUT2D eigenvalue weighted by Crippen LogP contribution is -2.30. The highest BCUT2D eigenvalue weighted by Crippen LogP contribution is 2.18. The fourth-order valence-corrected chi connectivity index (χ4v) is 3.06. The number of rotatable bonds is 6. The molecular weight excluding hydrogens is 370 g/mol.